The zero-order chi connectivity index (χ0) is 20.1. The third-order valence-electron chi connectivity index (χ3n) is 5.38. The second kappa shape index (κ2) is 9.39. The fourth-order valence-electron chi connectivity index (χ4n) is 3.77. The number of carbonyl (C=O) groups excluding carboxylic acids is 1. The number of carbonyl (C=O) groups is 1. The summed E-state index contributed by atoms with van der Waals surface area (Å²) in [6.07, 6.45) is 0.766. The van der Waals surface area contributed by atoms with Crippen molar-refractivity contribution >= 4 is 11.6 Å². The number of fused-ring (bicyclic) bond motifs is 1. The van der Waals surface area contributed by atoms with Crippen LogP contribution in [0.4, 0.5) is 5.69 Å². The van der Waals surface area contributed by atoms with Gasteiger partial charge in [-0.2, -0.15) is 5.10 Å². The smallest absolute Gasteiger partial charge is 0.272 e. The maximum Gasteiger partial charge on any atom is 0.272 e. The van der Waals surface area contributed by atoms with Crippen LogP contribution < -0.4 is 10.2 Å². The number of amides is 1. The number of methoxy groups -OCH3 is 1. The summed E-state index contributed by atoms with van der Waals surface area (Å²) in [6, 6.07) is 8.31. The molecule has 2 aliphatic rings. The quantitative estimate of drug-likeness (QED) is 0.756. The Balaban J connectivity index is 1.40. The van der Waals surface area contributed by atoms with E-state index in [0.29, 0.717) is 38.6 Å². The van der Waals surface area contributed by atoms with Gasteiger partial charge < -0.3 is 24.4 Å². The van der Waals surface area contributed by atoms with E-state index in [2.05, 4.69) is 39.6 Å². The number of benzene rings is 1. The van der Waals surface area contributed by atoms with E-state index >= 15 is 0 Å². The number of anilines is 1. The van der Waals surface area contributed by atoms with Crippen molar-refractivity contribution in [1.82, 2.24) is 15.1 Å². The van der Waals surface area contributed by atoms with Gasteiger partial charge in [-0.25, -0.2) is 0 Å². The molecule has 1 saturated heterocycles. The first-order valence-corrected chi connectivity index (χ1v) is 10.1. The molecule has 2 aromatic rings. The van der Waals surface area contributed by atoms with Crippen LogP contribution in [0.15, 0.2) is 24.3 Å². The van der Waals surface area contributed by atoms with Gasteiger partial charge in [0.15, 0.2) is 5.69 Å². The molecule has 3 heterocycles. The summed E-state index contributed by atoms with van der Waals surface area (Å²) in [5.41, 5.74) is 4.67. The molecule has 4 rings (SSSR count). The van der Waals surface area contributed by atoms with Crippen molar-refractivity contribution in [2.75, 3.05) is 51.5 Å². The number of aromatic nitrogens is 2. The minimum absolute atomic E-state index is 0.167. The van der Waals surface area contributed by atoms with Crippen LogP contribution >= 0.6 is 0 Å². The van der Waals surface area contributed by atoms with Gasteiger partial charge in [-0.15, -0.1) is 0 Å². The van der Waals surface area contributed by atoms with Crippen molar-refractivity contribution in [2.24, 2.45) is 0 Å². The molecule has 0 aliphatic carbocycles. The molecule has 1 aromatic heterocycles. The minimum atomic E-state index is -0.167. The summed E-state index contributed by atoms with van der Waals surface area (Å²) in [4.78, 5) is 15.1. The molecule has 156 valence electrons. The van der Waals surface area contributed by atoms with Crippen LogP contribution in [0.1, 0.15) is 27.3 Å². The van der Waals surface area contributed by atoms with Gasteiger partial charge in [0.1, 0.15) is 0 Å². The number of nitrogens with one attached hydrogen (secondary N) is 1. The normalized spacial score (nSPS) is 16.5. The molecular formula is C21H28N4O4. The lowest BCUT2D eigenvalue weighted by atomic mass is 10.1. The maximum absolute atomic E-state index is 12.8. The van der Waals surface area contributed by atoms with Crippen molar-refractivity contribution in [2.45, 2.75) is 26.1 Å². The summed E-state index contributed by atoms with van der Waals surface area (Å²) in [7, 11) is 1.66. The SMILES string of the molecule is COCCn1nc(C(=O)NCc2ccc(N3CCOCC3)cc2)c2c1CCOC2. The highest BCUT2D eigenvalue weighted by molar-refractivity contribution is 5.94. The monoisotopic (exact) mass is 400 g/mol. The fourth-order valence-corrected chi connectivity index (χ4v) is 3.77. The maximum atomic E-state index is 12.8. The van der Waals surface area contributed by atoms with Crippen molar-refractivity contribution in [3.8, 4) is 0 Å². The highest BCUT2D eigenvalue weighted by Gasteiger charge is 2.25. The Labute approximate surface area is 170 Å². The van der Waals surface area contributed by atoms with E-state index in [9.17, 15) is 4.79 Å². The molecule has 0 spiro atoms. The summed E-state index contributed by atoms with van der Waals surface area (Å²) in [5, 5.41) is 7.54. The molecule has 1 amide bonds. The van der Waals surface area contributed by atoms with Crippen LogP contribution in [0.5, 0.6) is 0 Å². The molecule has 8 nitrogen and oxygen atoms in total. The molecular weight excluding hydrogens is 372 g/mol. The Morgan fingerprint density at radius 3 is 2.72 bits per heavy atom. The van der Waals surface area contributed by atoms with Crippen LogP contribution in [-0.4, -0.2) is 62.3 Å². The molecule has 0 atom stereocenters. The van der Waals surface area contributed by atoms with Gasteiger partial charge in [0.2, 0.25) is 0 Å². The number of nitrogens with zero attached hydrogens (tertiary/aromatic N) is 3. The van der Waals surface area contributed by atoms with Gasteiger partial charge in [0.05, 0.1) is 39.6 Å². The van der Waals surface area contributed by atoms with Crippen LogP contribution in [0, 0.1) is 0 Å². The van der Waals surface area contributed by atoms with E-state index in [4.69, 9.17) is 14.2 Å². The molecule has 1 N–H and O–H groups in total. The lowest BCUT2D eigenvalue weighted by Crippen LogP contribution is -2.36. The lowest BCUT2D eigenvalue weighted by Gasteiger charge is -2.28. The number of ether oxygens (including phenoxy) is 3. The van der Waals surface area contributed by atoms with E-state index in [-0.39, 0.29) is 5.91 Å². The predicted molar refractivity (Wildman–Crippen MR) is 108 cm³/mol. The number of morpholine rings is 1. The Kier molecular flexibility index (Phi) is 6.43. The summed E-state index contributed by atoms with van der Waals surface area (Å²) in [6.45, 7) is 6.10. The molecule has 0 bridgehead atoms. The van der Waals surface area contributed by atoms with Gasteiger partial charge in [-0.3, -0.25) is 9.48 Å². The van der Waals surface area contributed by atoms with Crippen LogP contribution in [0.2, 0.25) is 0 Å². The molecule has 8 heteroatoms. The number of hydrogen-bond acceptors (Lipinski definition) is 6. The third kappa shape index (κ3) is 4.60. The molecule has 0 unspecified atom stereocenters. The van der Waals surface area contributed by atoms with Crippen molar-refractivity contribution < 1.29 is 19.0 Å². The van der Waals surface area contributed by atoms with E-state index in [1.54, 1.807) is 7.11 Å². The first-order valence-electron chi connectivity index (χ1n) is 10.1. The second-order valence-corrected chi connectivity index (χ2v) is 7.24. The van der Waals surface area contributed by atoms with E-state index in [1.165, 1.54) is 5.69 Å². The first kappa shape index (κ1) is 19.9. The predicted octanol–water partition coefficient (Wildman–Crippen LogP) is 1.37. The average molecular weight is 400 g/mol. The molecule has 2 aliphatic heterocycles. The van der Waals surface area contributed by atoms with Crippen LogP contribution in [0.25, 0.3) is 0 Å². The lowest BCUT2D eigenvalue weighted by molar-refractivity contribution is 0.0922. The number of hydrogen-bond donors (Lipinski definition) is 1. The molecule has 1 aromatic carbocycles. The van der Waals surface area contributed by atoms with Crippen molar-refractivity contribution in [1.29, 1.82) is 0 Å². The van der Waals surface area contributed by atoms with Crippen molar-refractivity contribution in [3.63, 3.8) is 0 Å². The van der Waals surface area contributed by atoms with E-state index in [1.807, 2.05) is 4.68 Å². The average Bonchev–Trinajstić information content (AvgIpc) is 3.16. The third-order valence-corrected chi connectivity index (χ3v) is 5.38. The Bertz CT molecular complexity index is 828. The Morgan fingerprint density at radius 2 is 1.97 bits per heavy atom. The zero-order valence-electron chi connectivity index (χ0n) is 16.9. The van der Waals surface area contributed by atoms with E-state index in [0.717, 1.165) is 49.5 Å². The summed E-state index contributed by atoms with van der Waals surface area (Å²) in [5.74, 6) is -0.167. The molecule has 0 radical (unpaired) electrons. The fraction of sp³-hybridized carbons (Fsp3) is 0.524. The van der Waals surface area contributed by atoms with Gasteiger partial charge in [-0.1, -0.05) is 12.1 Å². The summed E-state index contributed by atoms with van der Waals surface area (Å²) < 4.78 is 18.0. The standard InChI is InChI=1S/C21H28N4O4/c1-27-11-9-25-19-6-10-29-15-18(19)20(23-25)21(26)22-14-16-2-4-17(5-3-16)24-7-12-28-13-8-24/h2-5H,6-15H2,1H3,(H,22,26). The van der Waals surface area contributed by atoms with Gasteiger partial charge in [-0.05, 0) is 17.7 Å². The van der Waals surface area contributed by atoms with Crippen molar-refractivity contribution in [3.05, 3.63) is 46.8 Å². The molecule has 1 fully saturated rings. The second-order valence-electron chi connectivity index (χ2n) is 7.24. The zero-order valence-corrected chi connectivity index (χ0v) is 16.9. The van der Waals surface area contributed by atoms with E-state index < -0.39 is 0 Å². The first-order chi connectivity index (χ1) is 14.3. The molecule has 29 heavy (non-hydrogen) atoms. The van der Waals surface area contributed by atoms with Crippen LogP contribution in [-0.2, 0) is 40.3 Å². The van der Waals surface area contributed by atoms with Gasteiger partial charge in [0, 0.05) is 50.1 Å². The Morgan fingerprint density at radius 1 is 1.17 bits per heavy atom. The summed E-state index contributed by atoms with van der Waals surface area (Å²) >= 11 is 0. The highest BCUT2D eigenvalue weighted by Crippen LogP contribution is 2.21. The highest BCUT2D eigenvalue weighted by atomic mass is 16.5. The largest absolute Gasteiger partial charge is 0.383 e. The van der Waals surface area contributed by atoms with Crippen LogP contribution in [0.3, 0.4) is 0 Å². The number of rotatable bonds is 7. The van der Waals surface area contributed by atoms with Gasteiger partial charge >= 0.3 is 0 Å². The molecule has 0 saturated carbocycles. The topological polar surface area (TPSA) is 77.9 Å². The Hall–Kier alpha value is -2.42. The van der Waals surface area contributed by atoms with Gasteiger partial charge in [0.25, 0.3) is 5.91 Å². The minimum Gasteiger partial charge on any atom is -0.383 e.